The molecule has 0 aromatic heterocycles. The van der Waals surface area contributed by atoms with Crippen molar-refractivity contribution in [1.82, 2.24) is 5.32 Å². The van der Waals surface area contributed by atoms with Crippen molar-refractivity contribution >= 4 is 29.4 Å². The van der Waals surface area contributed by atoms with E-state index in [2.05, 4.69) is 5.32 Å². The summed E-state index contributed by atoms with van der Waals surface area (Å²) in [5.74, 6) is -0.456. The van der Waals surface area contributed by atoms with Gasteiger partial charge in [0.1, 0.15) is 6.04 Å². The summed E-state index contributed by atoms with van der Waals surface area (Å²) in [5.41, 5.74) is 3.56. The highest BCUT2D eigenvalue weighted by Gasteiger charge is 2.24. The second-order valence-corrected chi connectivity index (χ2v) is 8.38. The number of amides is 1. The predicted molar refractivity (Wildman–Crippen MR) is 119 cm³/mol. The number of hydrogen-bond acceptors (Lipinski definition) is 5. The number of ketones is 1. The Morgan fingerprint density at radius 1 is 1.00 bits per heavy atom. The Bertz CT molecular complexity index is 897. The first-order valence-corrected chi connectivity index (χ1v) is 11.6. The molecule has 2 aromatic carbocycles. The molecule has 0 spiro atoms. The molecule has 1 amide bonds. The van der Waals surface area contributed by atoms with E-state index < -0.39 is 12.0 Å². The normalized spacial score (nSPS) is 13.8. The van der Waals surface area contributed by atoms with E-state index in [9.17, 15) is 14.4 Å². The van der Waals surface area contributed by atoms with Crippen LogP contribution in [0.1, 0.15) is 51.1 Å². The SMILES string of the molecule is CSCC[C@H](NC(=O)c1ccccc1)C(=O)OCC(=O)c1ccc2c(c1)CCCC2. The number of ether oxygens (including phenoxy) is 1. The van der Waals surface area contributed by atoms with Crippen LogP contribution in [0.4, 0.5) is 0 Å². The summed E-state index contributed by atoms with van der Waals surface area (Å²) in [6, 6.07) is 13.7. The fraction of sp³-hybridized carbons (Fsp3) is 0.375. The highest BCUT2D eigenvalue weighted by atomic mass is 32.2. The topological polar surface area (TPSA) is 72.5 Å². The largest absolute Gasteiger partial charge is 0.456 e. The standard InChI is InChI=1S/C24H27NO4S/c1-30-14-13-21(25-23(27)18-8-3-2-4-9-18)24(28)29-16-22(26)20-12-11-17-7-5-6-10-19(17)15-20/h2-4,8-9,11-12,15,21H,5-7,10,13-14,16H2,1H3,(H,25,27)/t21-/m0/s1. The molecule has 0 radical (unpaired) electrons. The maximum absolute atomic E-state index is 12.6. The van der Waals surface area contributed by atoms with Crippen LogP contribution in [-0.2, 0) is 22.4 Å². The van der Waals surface area contributed by atoms with Gasteiger partial charge >= 0.3 is 5.97 Å². The van der Waals surface area contributed by atoms with Crippen LogP contribution < -0.4 is 5.32 Å². The summed E-state index contributed by atoms with van der Waals surface area (Å²) in [4.78, 5) is 37.6. The van der Waals surface area contributed by atoms with Crippen LogP contribution in [0.2, 0.25) is 0 Å². The van der Waals surface area contributed by atoms with E-state index in [4.69, 9.17) is 4.74 Å². The van der Waals surface area contributed by atoms with Crippen molar-refractivity contribution in [3.8, 4) is 0 Å². The van der Waals surface area contributed by atoms with E-state index in [-0.39, 0.29) is 18.3 Å². The molecule has 1 aliphatic carbocycles. The quantitative estimate of drug-likeness (QED) is 0.488. The molecule has 0 saturated heterocycles. The van der Waals surface area contributed by atoms with Gasteiger partial charge in [0.05, 0.1) is 0 Å². The van der Waals surface area contributed by atoms with Crippen LogP contribution >= 0.6 is 11.8 Å². The molecule has 6 heteroatoms. The molecule has 0 saturated carbocycles. The van der Waals surface area contributed by atoms with Gasteiger partial charge in [0, 0.05) is 11.1 Å². The van der Waals surface area contributed by atoms with Gasteiger partial charge in [0.2, 0.25) is 0 Å². The number of carbonyl (C=O) groups is 3. The monoisotopic (exact) mass is 425 g/mol. The van der Waals surface area contributed by atoms with Gasteiger partial charge in [-0.15, -0.1) is 0 Å². The molecule has 0 bridgehead atoms. The third-order valence-corrected chi connectivity index (χ3v) is 5.90. The van der Waals surface area contributed by atoms with Gasteiger partial charge in [0.25, 0.3) is 5.91 Å². The highest BCUT2D eigenvalue weighted by Crippen LogP contribution is 2.22. The van der Waals surface area contributed by atoms with Crippen molar-refractivity contribution in [2.45, 2.75) is 38.1 Å². The van der Waals surface area contributed by atoms with Crippen molar-refractivity contribution in [3.05, 3.63) is 70.8 Å². The van der Waals surface area contributed by atoms with Crippen molar-refractivity contribution in [3.63, 3.8) is 0 Å². The van der Waals surface area contributed by atoms with Crippen LogP contribution in [0.15, 0.2) is 48.5 Å². The number of nitrogens with one attached hydrogen (secondary N) is 1. The zero-order valence-electron chi connectivity index (χ0n) is 17.2. The molecular formula is C24H27NO4S. The minimum absolute atomic E-state index is 0.227. The Labute approximate surface area is 181 Å². The fourth-order valence-corrected chi connectivity index (χ4v) is 4.01. The molecule has 0 aliphatic heterocycles. The molecule has 0 unspecified atom stereocenters. The Kier molecular flexibility index (Phi) is 8.08. The van der Waals surface area contributed by atoms with Crippen molar-refractivity contribution in [2.75, 3.05) is 18.6 Å². The molecule has 2 aromatic rings. The number of esters is 1. The smallest absolute Gasteiger partial charge is 0.329 e. The molecule has 158 valence electrons. The second-order valence-electron chi connectivity index (χ2n) is 7.40. The van der Waals surface area contributed by atoms with Crippen molar-refractivity contribution < 1.29 is 19.1 Å². The Morgan fingerprint density at radius 3 is 2.47 bits per heavy atom. The van der Waals surface area contributed by atoms with Gasteiger partial charge < -0.3 is 10.1 Å². The Morgan fingerprint density at radius 2 is 1.73 bits per heavy atom. The lowest BCUT2D eigenvalue weighted by atomic mass is 9.90. The average molecular weight is 426 g/mol. The van der Waals surface area contributed by atoms with Gasteiger partial charge in [-0.05, 0) is 73.4 Å². The average Bonchev–Trinajstić information content (AvgIpc) is 2.80. The lowest BCUT2D eigenvalue weighted by molar-refractivity contribution is -0.144. The number of Topliss-reactive ketones (excluding diaryl/α,β-unsaturated/α-hetero) is 1. The molecule has 1 atom stereocenters. The van der Waals surface area contributed by atoms with Gasteiger partial charge in [-0.2, -0.15) is 11.8 Å². The first-order chi connectivity index (χ1) is 14.6. The van der Waals surface area contributed by atoms with E-state index in [1.165, 1.54) is 17.5 Å². The number of benzene rings is 2. The highest BCUT2D eigenvalue weighted by molar-refractivity contribution is 7.98. The molecule has 0 heterocycles. The van der Waals surface area contributed by atoms with E-state index in [0.717, 1.165) is 19.3 Å². The van der Waals surface area contributed by atoms with Gasteiger partial charge in [-0.25, -0.2) is 4.79 Å². The van der Waals surface area contributed by atoms with Crippen molar-refractivity contribution in [1.29, 1.82) is 0 Å². The molecule has 1 aliphatic rings. The third-order valence-electron chi connectivity index (χ3n) is 5.25. The maximum atomic E-state index is 12.6. The molecular weight excluding hydrogens is 398 g/mol. The minimum atomic E-state index is -0.790. The number of rotatable bonds is 9. The van der Waals surface area contributed by atoms with Crippen molar-refractivity contribution in [2.24, 2.45) is 0 Å². The molecule has 1 N–H and O–H groups in total. The van der Waals surface area contributed by atoms with Gasteiger partial charge in [0.15, 0.2) is 12.4 Å². The predicted octanol–water partition coefficient (Wildman–Crippen LogP) is 3.84. The Hall–Kier alpha value is -2.60. The molecule has 30 heavy (non-hydrogen) atoms. The zero-order chi connectivity index (χ0) is 21.3. The third kappa shape index (κ3) is 5.95. The number of fused-ring (bicyclic) bond motifs is 1. The number of aryl methyl sites for hydroxylation is 2. The van der Waals surface area contributed by atoms with Gasteiger partial charge in [-0.3, -0.25) is 9.59 Å². The lowest BCUT2D eigenvalue weighted by Gasteiger charge is -2.18. The summed E-state index contributed by atoms with van der Waals surface area (Å²) in [6.45, 7) is -0.325. The number of hydrogen-bond donors (Lipinski definition) is 1. The van der Waals surface area contributed by atoms with Crippen LogP contribution in [0, 0.1) is 0 Å². The van der Waals surface area contributed by atoms with E-state index in [1.807, 2.05) is 30.5 Å². The second kappa shape index (κ2) is 11.0. The van der Waals surface area contributed by atoms with E-state index in [0.29, 0.717) is 23.3 Å². The molecule has 5 nitrogen and oxygen atoms in total. The number of thioether (sulfide) groups is 1. The Balaban J connectivity index is 1.59. The first-order valence-electron chi connectivity index (χ1n) is 10.2. The summed E-state index contributed by atoms with van der Waals surface area (Å²) in [7, 11) is 0. The van der Waals surface area contributed by atoms with E-state index in [1.54, 1.807) is 36.0 Å². The van der Waals surface area contributed by atoms with Crippen LogP contribution in [0.3, 0.4) is 0 Å². The molecule has 0 fully saturated rings. The minimum Gasteiger partial charge on any atom is -0.456 e. The summed E-state index contributed by atoms with van der Waals surface area (Å²) in [5, 5.41) is 2.73. The first kappa shape index (κ1) is 22.1. The van der Waals surface area contributed by atoms with Crippen LogP contribution in [0.5, 0.6) is 0 Å². The summed E-state index contributed by atoms with van der Waals surface area (Å²) in [6.07, 6.45) is 6.73. The van der Waals surface area contributed by atoms with Crippen LogP contribution in [-0.4, -0.2) is 42.3 Å². The number of carbonyl (C=O) groups excluding carboxylic acids is 3. The zero-order valence-corrected chi connectivity index (χ0v) is 18.0. The summed E-state index contributed by atoms with van der Waals surface area (Å²) >= 11 is 1.58. The van der Waals surface area contributed by atoms with E-state index >= 15 is 0 Å². The fourth-order valence-electron chi connectivity index (χ4n) is 3.54. The van der Waals surface area contributed by atoms with Gasteiger partial charge in [-0.1, -0.05) is 30.3 Å². The summed E-state index contributed by atoms with van der Waals surface area (Å²) < 4.78 is 5.29. The van der Waals surface area contributed by atoms with Crippen LogP contribution in [0.25, 0.3) is 0 Å². The maximum Gasteiger partial charge on any atom is 0.329 e. The lowest BCUT2D eigenvalue weighted by Crippen LogP contribution is -2.42. The molecule has 3 rings (SSSR count).